The van der Waals surface area contributed by atoms with Crippen molar-refractivity contribution in [3.8, 4) is 0 Å². The Labute approximate surface area is 117 Å². The van der Waals surface area contributed by atoms with Crippen molar-refractivity contribution in [3.63, 3.8) is 0 Å². The Morgan fingerprint density at radius 1 is 1.33 bits per heavy atom. The second-order valence-electron chi connectivity index (χ2n) is 4.18. The highest BCUT2D eigenvalue weighted by atomic mass is 32.2. The Morgan fingerprint density at radius 3 is 2.56 bits per heavy atom. The fourth-order valence-electron chi connectivity index (χ4n) is 1.85. The fourth-order valence-corrected chi connectivity index (χ4v) is 3.66. The van der Waals surface area contributed by atoms with Crippen LogP contribution in [0.4, 0.5) is 0 Å². The summed E-state index contributed by atoms with van der Waals surface area (Å²) in [5, 5.41) is 5.41. The molecule has 0 amide bonds. The van der Waals surface area contributed by atoms with E-state index >= 15 is 0 Å². The van der Waals surface area contributed by atoms with Crippen LogP contribution < -0.4 is 5.32 Å². The molecule has 0 saturated heterocycles. The van der Waals surface area contributed by atoms with E-state index in [0.29, 0.717) is 6.04 Å². The highest BCUT2D eigenvalue weighted by molar-refractivity contribution is 8.01. The van der Waals surface area contributed by atoms with Gasteiger partial charge in [0, 0.05) is 22.0 Å². The number of thiazole rings is 1. The van der Waals surface area contributed by atoms with Crippen molar-refractivity contribution in [2.24, 2.45) is 0 Å². The van der Waals surface area contributed by atoms with E-state index in [9.17, 15) is 0 Å². The quantitative estimate of drug-likeness (QED) is 0.884. The van der Waals surface area contributed by atoms with Gasteiger partial charge in [0.2, 0.25) is 0 Å². The van der Waals surface area contributed by atoms with Gasteiger partial charge >= 0.3 is 0 Å². The van der Waals surface area contributed by atoms with Gasteiger partial charge in [-0.25, -0.2) is 4.98 Å². The van der Waals surface area contributed by atoms with E-state index < -0.39 is 0 Å². The van der Waals surface area contributed by atoms with E-state index in [1.165, 1.54) is 10.5 Å². The van der Waals surface area contributed by atoms with Crippen LogP contribution in [-0.2, 0) is 0 Å². The number of benzene rings is 1. The molecule has 0 aliphatic rings. The van der Waals surface area contributed by atoms with Gasteiger partial charge in [-0.1, -0.05) is 30.8 Å². The summed E-state index contributed by atoms with van der Waals surface area (Å²) >= 11 is 3.43. The molecule has 1 aromatic heterocycles. The average molecular weight is 278 g/mol. The average Bonchev–Trinajstić information content (AvgIpc) is 2.78. The fraction of sp³-hybridized carbons (Fsp3) is 0.357. The molecule has 18 heavy (non-hydrogen) atoms. The zero-order chi connectivity index (χ0) is 13.0. The Morgan fingerprint density at radius 2 is 2.06 bits per heavy atom. The Kier molecular flexibility index (Phi) is 4.80. The topological polar surface area (TPSA) is 24.9 Å². The first kappa shape index (κ1) is 13.6. The third-order valence-corrected chi connectivity index (χ3v) is 4.91. The first-order chi connectivity index (χ1) is 8.72. The zero-order valence-corrected chi connectivity index (χ0v) is 12.6. The number of hydrogen-bond donors (Lipinski definition) is 1. The maximum absolute atomic E-state index is 4.46. The molecular formula is C14H18N2S2. The van der Waals surface area contributed by atoms with Crippen LogP contribution in [-0.4, -0.2) is 12.0 Å². The molecule has 1 unspecified atom stereocenters. The molecule has 2 nitrogen and oxygen atoms in total. The summed E-state index contributed by atoms with van der Waals surface area (Å²) in [4.78, 5) is 5.71. The predicted molar refractivity (Wildman–Crippen MR) is 79.5 cm³/mol. The maximum Gasteiger partial charge on any atom is 0.154 e. The molecule has 0 radical (unpaired) electrons. The van der Waals surface area contributed by atoms with Crippen molar-refractivity contribution >= 4 is 23.1 Å². The Balaban J connectivity index is 2.07. The number of aryl methyl sites for hydroxylation is 1. The van der Waals surface area contributed by atoms with Crippen molar-refractivity contribution in [2.75, 3.05) is 7.05 Å². The minimum Gasteiger partial charge on any atom is -0.313 e. The van der Waals surface area contributed by atoms with Gasteiger partial charge in [-0.3, -0.25) is 0 Å². The van der Waals surface area contributed by atoms with E-state index in [1.807, 2.05) is 14.0 Å². The van der Waals surface area contributed by atoms with Crippen LogP contribution in [0, 0.1) is 6.92 Å². The lowest BCUT2D eigenvalue weighted by atomic mass is 10.1. The molecule has 4 heteroatoms. The normalized spacial score (nSPS) is 12.6. The SMILES string of the molecule is CCC(NC)c1ccc(Sc2nc(C)cs2)cc1. The van der Waals surface area contributed by atoms with E-state index in [4.69, 9.17) is 0 Å². The summed E-state index contributed by atoms with van der Waals surface area (Å²) < 4.78 is 1.11. The first-order valence-corrected chi connectivity index (χ1v) is 7.79. The maximum atomic E-state index is 4.46. The van der Waals surface area contributed by atoms with Gasteiger partial charge < -0.3 is 5.32 Å². The molecule has 0 bridgehead atoms. The molecule has 0 aliphatic heterocycles. The van der Waals surface area contributed by atoms with Gasteiger partial charge in [0.05, 0.1) is 0 Å². The molecule has 0 fully saturated rings. The Hall–Kier alpha value is -0.840. The summed E-state index contributed by atoms with van der Waals surface area (Å²) in [7, 11) is 2.01. The number of rotatable bonds is 5. The molecule has 1 N–H and O–H groups in total. The molecule has 1 aromatic carbocycles. The van der Waals surface area contributed by atoms with Crippen LogP contribution in [0.2, 0.25) is 0 Å². The van der Waals surface area contributed by atoms with E-state index in [1.54, 1.807) is 23.1 Å². The molecule has 0 saturated carbocycles. The summed E-state index contributed by atoms with van der Waals surface area (Å²) in [6.07, 6.45) is 1.11. The zero-order valence-electron chi connectivity index (χ0n) is 10.9. The van der Waals surface area contributed by atoms with Gasteiger partial charge in [0.15, 0.2) is 4.34 Å². The first-order valence-electron chi connectivity index (χ1n) is 6.10. The summed E-state index contributed by atoms with van der Waals surface area (Å²) in [6, 6.07) is 9.21. The van der Waals surface area contributed by atoms with Crippen LogP contribution in [0.3, 0.4) is 0 Å². The lowest BCUT2D eigenvalue weighted by Gasteiger charge is -2.14. The molecule has 2 aromatic rings. The van der Waals surface area contributed by atoms with Crippen molar-refractivity contribution in [3.05, 3.63) is 40.9 Å². The van der Waals surface area contributed by atoms with Crippen LogP contribution >= 0.6 is 23.1 Å². The van der Waals surface area contributed by atoms with Gasteiger partial charge in [0.1, 0.15) is 0 Å². The van der Waals surface area contributed by atoms with Crippen LogP contribution in [0.25, 0.3) is 0 Å². The summed E-state index contributed by atoms with van der Waals surface area (Å²) in [5.41, 5.74) is 2.44. The molecule has 0 spiro atoms. The largest absolute Gasteiger partial charge is 0.313 e. The van der Waals surface area contributed by atoms with Crippen LogP contribution in [0.1, 0.15) is 30.6 Å². The molecule has 1 atom stereocenters. The monoisotopic (exact) mass is 278 g/mol. The van der Waals surface area contributed by atoms with E-state index in [-0.39, 0.29) is 0 Å². The lowest BCUT2D eigenvalue weighted by molar-refractivity contribution is 0.576. The van der Waals surface area contributed by atoms with Gasteiger partial charge in [-0.2, -0.15) is 0 Å². The number of hydrogen-bond acceptors (Lipinski definition) is 4. The lowest BCUT2D eigenvalue weighted by Crippen LogP contribution is -2.14. The molecule has 0 aliphatic carbocycles. The van der Waals surface area contributed by atoms with Crippen molar-refractivity contribution in [1.29, 1.82) is 0 Å². The number of aromatic nitrogens is 1. The number of nitrogens with zero attached hydrogens (tertiary/aromatic N) is 1. The molecule has 96 valence electrons. The van der Waals surface area contributed by atoms with Crippen molar-refractivity contribution in [1.82, 2.24) is 10.3 Å². The highest BCUT2D eigenvalue weighted by Gasteiger charge is 2.07. The molecule has 2 rings (SSSR count). The third-order valence-electron chi connectivity index (χ3n) is 2.84. The highest BCUT2D eigenvalue weighted by Crippen LogP contribution is 2.31. The summed E-state index contributed by atoms with van der Waals surface area (Å²) in [5.74, 6) is 0. The van der Waals surface area contributed by atoms with E-state index in [2.05, 4.69) is 46.9 Å². The summed E-state index contributed by atoms with van der Waals surface area (Å²) in [6.45, 7) is 4.23. The molecule has 1 heterocycles. The molecular weight excluding hydrogens is 260 g/mol. The second-order valence-corrected chi connectivity index (χ2v) is 6.35. The number of nitrogens with one attached hydrogen (secondary N) is 1. The van der Waals surface area contributed by atoms with Crippen LogP contribution in [0.5, 0.6) is 0 Å². The minimum absolute atomic E-state index is 0.450. The minimum atomic E-state index is 0.450. The Bertz CT molecular complexity index is 487. The van der Waals surface area contributed by atoms with Gasteiger partial charge in [-0.05, 0) is 38.1 Å². The van der Waals surface area contributed by atoms with Crippen LogP contribution in [0.15, 0.2) is 38.9 Å². The second kappa shape index (κ2) is 6.36. The van der Waals surface area contributed by atoms with Gasteiger partial charge in [0.25, 0.3) is 0 Å². The third kappa shape index (κ3) is 3.34. The van der Waals surface area contributed by atoms with Gasteiger partial charge in [-0.15, -0.1) is 11.3 Å². The van der Waals surface area contributed by atoms with Crippen molar-refractivity contribution in [2.45, 2.75) is 35.5 Å². The van der Waals surface area contributed by atoms with E-state index in [0.717, 1.165) is 16.5 Å². The van der Waals surface area contributed by atoms with Crippen molar-refractivity contribution < 1.29 is 0 Å². The standard InChI is InChI=1S/C14H18N2S2/c1-4-13(15-3)11-5-7-12(8-6-11)18-14-16-10(2)9-17-14/h5-9,13,15H,4H2,1-3H3. The smallest absolute Gasteiger partial charge is 0.154 e. The predicted octanol–water partition coefficient (Wildman–Crippen LogP) is 4.27.